The van der Waals surface area contributed by atoms with Crippen molar-refractivity contribution in [3.63, 3.8) is 0 Å². The lowest BCUT2D eigenvalue weighted by atomic mass is 10.0. The third-order valence-corrected chi connectivity index (χ3v) is 4.98. The van der Waals surface area contributed by atoms with Gasteiger partial charge in [-0.3, -0.25) is 4.90 Å². The zero-order valence-electron chi connectivity index (χ0n) is 11.9. The van der Waals surface area contributed by atoms with Crippen molar-refractivity contribution < 1.29 is 4.74 Å². The summed E-state index contributed by atoms with van der Waals surface area (Å²) in [6.45, 7) is 8.11. The lowest BCUT2D eigenvalue weighted by Crippen LogP contribution is -2.58. The molecule has 1 aliphatic carbocycles. The van der Waals surface area contributed by atoms with Gasteiger partial charge < -0.3 is 10.1 Å². The molecule has 0 aromatic carbocycles. The molecule has 3 nitrogen and oxygen atoms in total. The van der Waals surface area contributed by atoms with Gasteiger partial charge in [0.05, 0.1) is 12.2 Å². The summed E-state index contributed by atoms with van der Waals surface area (Å²) in [7, 11) is 0. The van der Waals surface area contributed by atoms with E-state index < -0.39 is 0 Å². The number of nitrogens with one attached hydrogen (secondary N) is 1. The Morgan fingerprint density at radius 2 is 2.06 bits per heavy atom. The van der Waals surface area contributed by atoms with E-state index >= 15 is 0 Å². The normalized spacial score (nSPS) is 42.3. The number of ether oxygens (including phenoxy) is 1. The monoisotopic (exact) mass is 252 g/mol. The zero-order chi connectivity index (χ0) is 12.5. The predicted octanol–water partition coefficient (Wildman–Crippen LogP) is 2.02. The van der Waals surface area contributed by atoms with Crippen molar-refractivity contribution in [2.24, 2.45) is 5.92 Å². The Kier molecular flexibility index (Phi) is 3.92. The Morgan fingerprint density at radius 3 is 2.67 bits per heavy atom. The summed E-state index contributed by atoms with van der Waals surface area (Å²) in [6, 6.07) is 1.48. The molecule has 4 atom stereocenters. The molecule has 1 N–H and O–H groups in total. The summed E-state index contributed by atoms with van der Waals surface area (Å²) in [5.41, 5.74) is 0. The van der Waals surface area contributed by atoms with Gasteiger partial charge >= 0.3 is 0 Å². The van der Waals surface area contributed by atoms with Crippen LogP contribution in [0.1, 0.15) is 46.0 Å². The average Bonchev–Trinajstić information content (AvgIpc) is 3.14. The van der Waals surface area contributed by atoms with Crippen molar-refractivity contribution in [1.82, 2.24) is 10.2 Å². The van der Waals surface area contributed by atoms with Crippen molar-refractivity contribution in [3.8, 4) is 0 Å². The molecule has 3 rings (SSSR count). The van der Waals surface area contributed by atoms with Gasteiger partial charge in [-0.25, -0.2) is 0 Å². The molecular formula is C15H28N2O. The first-order valence-electron chi connectivity index (χ1n) is 7.89. The second-order valence-electron chi connectivity index (χ2n) is 6.51. The van der Waals surface area contributed by atoms with Gasteiger partial charge in [-0.1, -0.05) is 6.92 Å². The molecule has 3 aliphatic rings. The molecule has 1 saturated carbocycles. The summed E-state index contributed by atoms with van der Waals surface area (Å²) >= 11 is 0. The van der Waals surface area contributed by atoms with E-state index in [4.69, 9.17) is 4.74 Å². The quantitative estimate of drug-likeness (QED) is 0.828. The first kappa shape index (κ1) is 12.9. The van der Waals surface area contributed by atoms with Gasteiger partial charge in [-0.05, 0) is 44.9 Å². The van der Waals surface area contributed by atoms with Crippen LogP contribution in [0.4, 0.5) is 0 Å². The fourth-order valence-electron chi connectivity index (χ4n) is 3.60. The Morgan fingerprint density at radius 1 is 1.22 bits per heavy atom. The molecule has 2 aliphatic heterocycles. The van der Waals surface area contributed by atoms with Crippen LogP contribution in [0.2, 0.25) is 0 Å². The van der Waals surface area contributed by atoms with Crippen LogP contribution in [0.5, 0.6) is 0 Å². The highest BCUT2D eigenvalue weighted by Crippen LogP contribution is 2.34. The largest absolute Gasteiger partial charge is 0.374 e. The molecular weight excluding hydrogens is 224 g/mol. The van der Waals surface area contributed by atoms with Gasteiger partial charge in [0.25, 0.3) is 0 Å². The van der Waals surface area contributed by atoms with Gasteiger partial charge in [-0.15, -0.1) is 0 Å². The van der Waals surface area contributed by atoms with Crippen molar-refractivity contribution in [1.29, 1.82) is 0 Å². The van der Waals surface area contributed by atoms with Gasteiger partial charge in [-0.2, -0.15) is 0 Å². The van der Waals surface area contributed by atoms with Crippen LogP contribution < -0.4 is 5.32 Å². The lowest BCUT2D eigenvalue weighted by Gasteiger charge is -2.41. The molecule has 2 saturated heterocycles. The van der Waals surface area contributed by atoms with E-state index in [-0.39, 0.29) is 0 Å². The second kappa shape index (κ2) is 5.48. The SMILES string of the molecule is CCC1CNC(C2CC2)CN1CC1CCC(C)O1. The Balaban J connectivity index is 1.55. The van der Waals surface area contributed by atoms with E-state index in [2.05, 4.69) is 24.1 Å². The molecule has 3 heteroatoms. The maximum Gasteiger partial charge on any atom is 0.0706 e. The fraction of sp³-hybridized carbons (Fsp3) is 1.00. The van der Waals surface area contributed by atoms with E-state index in [0.717, 1.165) is 24.5 Å². The Bertz CT molecular complexity index is 280. The van der Waals surface area contributed by atoms with E-state index in [0.29, 0.717) is 12.2 Å². The Labute approximate surface area is 111 Å². The van der Waals surface area contributed by atoms with Crippen LogP contribution in [0.15, 0.2) is 0 Å². The molecule has 18 heavy (non-hydrogen) atoms. The van der Waals surface area contributed by atoms with E-state index in [1.54, 1.807) is 0 Å². The maximum absolute atomic E-state index is 6.01. The molecule has 0 aromatic rings. The summed E-state index contributed by atoms with van der Waals surface area (Å²) < 4.78 is 6.01. The van der Waals surface area contributed by atoms with Crippen molar-refractivity contribution in [2.75, 3.05) is 19.6 Å². The second-order valence-corrected chi connectivity index (χ2v) is 6.51. The first-order chi connectivity index (χ1) is 8.76. The van der Waals surface area contributed by atoms with E-state index in [9.17, 15) is 0 Å². The molecule has 0 amide bonds. The van der Waals surface area contributed by atoms with E-state index in [1.165, 1.54) is 45.2 Å². The van der Waals surface area contributed by atoms with Crippen LogP contribution in [0.25, 0.3) is 0 Å². The molecule has 104 valence electrons. The van der Waals surface area contributed by atoms with E-state index in [1.807, 2.05) is 0 Å². The molecule has 0 radical (unpaired) electrons. The summed E-state index contributed by atoms with van der Waals surface area (Å²) in [5.74, 6) is 0.966. The minimum absolute atomic E-state index is 0.484. The predicted molar refractivity (Wildman–Crippen MR) is 73.7 cm³/mol. The minimum Gasteiger partial charge on any atom is -0.374 e. The van der Waals surface area contributed by atoms with Crippen LogP contribution >= 0.6 is 0 Å². The standard InChI is InChI=1S/C15H28N2O/c1-3-13-8-16-15(12-5-6-12)10-17(13)9-14-7-4-11(2)18-14/h11-16H,3-10H2,1-2H3. The van der Waals surface area contributed by atoms with Crippen LogP contribution in [0, 0.1) is 5.92 Å². The smallest absolute Gasteiger partial charge is 0.0706 e. The molecule has 3 fully saturated rings. The summed E-state index contributed by atoms with van der Waals surface area (Å²) in [6.07, 6.45) is 7.63. The molecule has 0 spiro atoms. The summed E-state index contributed by atoms with van der Waals surface area (Å²) in [4.78, 5) is 2.71. The number of hydrogen-bond donors (Lipinski definition) is 1. The van der Waals surface area contributed by atoms with Crippen LogP contribution in [0.3, 0.4) is 0 Å². The minimum atomic E-state index is 0.484. The number of rotatable bonds is 4. The van der Waals surface area contributed by atoms with Gasteiger partial charge in [0.15, 0.2) is 0 Å². The third kappa shape index (κ3) is 2.89. The highest BCUT2D eigenvalue weighted by atomic mass is 16.5. The molecule has 0 bridgehead atoms. The van der Waals surface area contributed by atoms with Gasteiger partial charge in [0.1, 0.15) is 0 Å². The van der Waals surface area contributed by atoms with Crippen molar-refractivity contribution >= 4 is 0 Å². The average molecular weight is 252 g/mol. The Hall–Kier alpha value is -0.120. The zero-order valence-corrected chi connectivity index (χ0v) is 11.9. The van der Waals surface area contributed by atoms with Crippen molar-refractivity contribution in [2.45, 2.75) is 70.2 Å². The molecule has 0 aromatic heterocycles. The number of nitrogens with zero attached hydrogens (tertiary/aromatic N) is 1. The number of hydrogen-bond acceptors (Lipinski definition) is 3. The van der Waals surface area contributed by atoms with Gasteiger partial charge in [0, 0.05) is 31.7 Å². The first-order valence-corrected chi connectivity index (χ1v) is 7.89. The highest BCUT2D eigenvalue weighted by molar-refractivity contribution is 4.95. The fourth-order valence-corrected chi connectivity index (χ4v) is 3.60. The van der Waals surface area contributed by atoms with Gasteiger partial charge in [0.2, 0.25) is 0 Å². The maximum atomic E-state index is 6.01. The van der Waals surface area contributed by atoms with Crippen LogP contribution in [-0.4, -0.2) is 48.8 Å². The topological polar surface area (TPSA) is 24.5 Å². The van der Waals surface area contributed by atoms with Crippen molar-refractivity contribution in [3.05, 3.63) is 0 Å². The lowest BCUT2D eigenvalue weighted by molar-refractivity contribution is 0.00876. The third-order valence-electron chi connectivity index (χ3n) is 4.98. The molecule has 4 unspecified atom stereocenters. The summed E-state index contributed by atoms with van der Waals surface area (Å²) in [5, 5.41) is 3.76. The highest BCUT2D eigenvalue weighted by Gasteiger charge is 2.37. The van der Waals surface area contributed by atoms with Crippen LogP contribution in [-0.2, 0) is 4.74 Å². The molecule has 2 heterocycles. The number of piperazine rings is 1.